The van der Waals surface area contributed by atoms with E-state index in [0.717, 1.165) is 15.3 Å². The van der Waals surface area contributed by atoms with E-state index in [1.807, 2.05) is 13.8 Å². The molecule has 0 N–H and O–H groups in total. The standard InChI is InChI=1S/C11H14N4O2S2/c1-5-18-19-9-6(2)12-7-8(13-9)14(3)11(17)15(4)10(7)16/h5H2,1-4H3. The molecule has 0 bridgehead atoms. The van der Waals surface area contributed by atoms with Crippen LogP contribution in [0.4, 0.5) is 0 Å². The van der Waals surface area contributed by atoms with Gasteiger partial charge in [0.15, 0.2) is 11.2 Å². The molecule has 0 saturated carbocycles. The summed E-state index contributed by atoms with van der Waals surface area (Å²) in [5.74, 6) is 0.944. The fourth-order valence-corrected chi connectivity index (χ4v) is 3.31. The van der Waals surface area contributed by atoms with Crippen molar-refractivity contribution in [2.45, 2.75) is 18.9 Å². The Bertz CT molecular complexity index is 751. The van der Waals surface area contributed by atoms with Gasteiger partial charge < -0.3 is 0 Å². The number of fused-ring (bicyclic) bond motifs is 1. The van der Waals surface area contributed by atoms with Crippen LogP contribution in [0.15, 0.2) is 14.6 Å². The second-order valence-electron chi connectivity index (χ2n) is 3.98. The summed E-state index contributed by atoms with van der Waals surface area (Å²) < 4.78 is 2.40. The molecule has 0 fully saturated rings. The number of aromatic nitrogens is 4. The molecule has 2 aromatic rings. The first-order valence-electron chi connectivity index (χ1n) is 5.71. The van der Waals surface area contributed by atoms with Crippen molar-refractivity contribution in [3.05, 3.63) is 26.5 Å². The molecular weight excluding hydrogens is 284 g/mol. The third kappa shape index (κ3) is 2.42. The average Bonchev–Trinajstić information content (AvgIpc) is 2.41. The maximum Gasteiger partial charge on any atom is 0.332 e. The van der Waals surface area contributed by atoms with E-state index in [-0.39, 0.29) is 5.52 Å². The molecule has 0 aliphatic heterocycles. The van der Waals surface area contributed by atoms with Crippen molar-refractivity contribution < 1.29 is 0 Å². The third-order valence-corrected chi connectivity index (χ3v) is 5.10. The first-order valence-corrected chi connectivity index (χ1v) is 8.03. The fraction of sp³-hybridized carbons (Fsp3) is 0.455. The van der Waals surface area contributed by atoms with Crippen molar-refractivity contribution >= 4 is 32.8 Å². The van der Waals surface area contributed by atoms with Gasteiger partial charge >= 0.3 is 5.69 Å². The van der Waals surface area contributed by atoms with Gasteiger partial charge in [0.05, 0.1) is 5.69 Å². The minimum Gasteiger partial charge on any atom is -0.279 e. The fourth-order valence-electron chi connectivity index (χ4n) is 1.63. The summed E-state index contributed by atoms with van der Waals surface area (Å²) in [5.41, 5.74) is 0.461. The van der Waals surface area contributed by atoms with Crippen LogP contribution < -0.4 is 11.2 Å². The highest BCUT2D eigenvalue weighted by atomic mass is 33.1. The zero-order valence-corrected chi connectivity index (χ0v) is 12.8. The summed E-state index contributed by atoms with van der Waals surface area (Å²) >= 11 is 0. The molecule has 8 heteroatoms. The minimum absolute atomic E-state index is 0.230. The van der Waals surface area contributed by atoms with Gasteiger partial charge in [-0.1, -0.05) is 17.7 Å². The van der Waals surface area contributed by atoms with Crippen LogP contribution in [0.3, 0.4) is 0 Å². The molecule has 0 aliphatic rings. The monoisotopic (exact) mass is 298 g/mol. The van der Waals surface area contributed by atoms with E-state index in [0.29, 0.717) is 11.3 Å². The Morgan fingerprint density at radius 1 is 1.16 bits per heavy atom. The van der Waals surface area contributed by atoms with Crippen molar-refractivity contribution in [1.29, 1.82) is 0 Å². The molecule has 102 valence electrons. The molecule has 0 spiro atoms. The normalized spacial score (nSPS) is 11.2. The van der Waals surface area contributed by atoms with Crippen LogP contribution in [0.25, 0.3) is 11.2 Å². The maximum absolute atomic E-state index is 12.0. The van der Waals surface area contributed by atoms with E-state index in [9.17, 15) is 9.59 Å². The molecule has 2 rings (SSSR count). The van der Waals surface area contributed by atoms with E-state index >= 15 is 0 Å². The third-order valence-electron chi connectivity index (χ3n) is 2.66. The van der Waals surface area contributed by atoms with E-state index in [1.165, 1.54) is 22.4 Å². The molecule has 2 heterocycles. The second-order valence-corrected chi connectivity index (χ2v) is 6.56. The van der Waals surface area contributed by atoms with Crippen LogP contribution >= 0.6 is 21.6 Å². The largest absolute Gasteiger partial charge is 0.332 e. The quantitative estimate of drug-likeness (QED) is 0.790. The lowest BCUT2D eigenvalue weighted by Gasteiger charge is -2.09. The van der Waals surface area contributed by atoms with Crippen molar-refractivity contribution in [2.24, 2.45) is 14.1 Å². The number of aryl methyl sites for hydroxylation is 2. The van der Waals surface area contributed by atoms with E-state index in [1.54, 1.807) is 17.8 Å². The van der Waals surface area contributed by atoms with Crippen LogP contribution in [-0.4, -0.2) is 24.9 Å². The highest BCUT2D eigenvalue weighted by Gasteiger charge is 2.14. The predicted molar refractivity (Wildman–Crippen MR) is 78.7 cm³/mol. The van der Waals surface area contributed by atoms with E-state index in [4.69, 9.17) is 0 Å². The van der Waals surface area contributed by atoms with Crippen molar-refractivity contribution in [1.82, 2.24) is 19.1 Å². The zero-order valence-electron chi connectivity index (χ0n) is 11.1. The Labute approximate surface area is 117 Å². The molecule has 0 aromatic carbocycles. The van der Waals surface area contributed by atoms with Crippen LogP contribution in [0.1, 0.15) is 12.6 Å². The maximum atomic E-state index is 12.0. The summed E-state index contributed by atoms with van der Waals surface area (Å²) in [7, 11) is 6.18. The molecule has 0 radical (unpaired) electrons. The molecule has 0 amide bonds. The van der Waals surface area contributed by atoms with Crippen molar-refractivity contribution in [3.63, 3.8) is 0 Å². The summed E-state index contributed by atoms with van der Waals surface area (Å²) in [4.78, 5) is 32.6. The number of hydrogen-bond donors (Lipinski definition) is 0. The number of rotatable bonds is 3. The highest BCUT2D eigenvalue weighted by molar-refractivity contribution is 8.76. The topological polar surface area (TPSA) is 69.8 Å². The highest BCUT2D eigenvalue weighted by Crippen LogP contribution is 2.31. The predicted octanol–water partition coefficient (Wildman–Crippen LogP) is 1.10. The summed E-state index contributed by atoms with van der Waals surface area (Å²) in [6.07, 6.45) is 0. The zero-order chi connectivity index (χ0) is 14.2. The van der Waals surface area contributed by atoms with Gasteiger partial charge in [-0.15, -0.1) is 0 Å². The smallest absolute Gasteiger partial charge is 0.279 e. The SMILES string of the molecule is CCSSc1nc2c(nc1C)c(=O)n(C)c(=O)n2C. The lowest BCUT2D eigenvalue weighted by atomic mass is 10.4. The van der Waals surface area contributed by atoms with Gasteiger partial charge in [0.1, 0.15) is 5.03 Å². The summed E-state index contributed by atoms with van der Waals surface area (Å²) in [5, 5.41) is 0.739. The Morgan fingerprint density at radius 3 is 2.47 bits per heavy atom. The Morgan fingerprint density at radius 2 is 1.84 bits per heavy atom. The van der Waals surface area contributed by atoms with Crippen LogP contribution in [0.2, 0.25) is 0 Å². The summed E-state index contributed by atoms with van der Waals surface area (Å²) in [6.45, 7) is 3.86. The van der Waals surface area contributed by atoms with Crippen LogP contribution in [0, 0.1) is 6.92 Å². The van der Waals surface area contributed by atoms with Crippen molar-refractivity contribution in [3.8, 4) is 0 Å². The molecule has 0 aliphatic carbocycles. The molecule has 19 heavy (non-hydrogen) atoms. The molecule has 2 aromatic heterocycles. The van der Waals surface area contributed by atoms with Crippen molar-refractivity contribution in [2.75, 3.05) is 5.75 Å². The van der Waals surface area contributed by atoms with Gasteiger partial charge in [0.2, 0.25) is 0 Å². The van der Waals surface area contributed by atoms with E-state index < -0.39 is 11.2 Å². The lowest BCUT2D eigenvalue weighted by molar-refractivity contribution is 0.699. The second kappa shape index (κ2) is 5.38. The van der Waals surface area contributed by atoms with Gasteiger partial charge in [-0.25, -0.2) is 14.8 Å². The van der Waals surface area contributed by atoms with Gasteiger partial charge in [0, 0.05) is 19.8 Å². The molecule has 0 unspecified atom stereocenters. The van der Waals surface area contributed by atoms with E-state index in [2.05, 4.69) is 9.97 Å². The first-order chi connectivity index (χ1) is 8.97. The Balaban J connectivity index is 2.79. The van der Waals surface area contributed by atoms with Gasteiger partial charge in [-0.3, -0.25) is 13.9 Å². The lowest BCUT2D eigenvalue weighted by Crippen LogP contribution is -2.37. The van der Waals surface area contributed by atoms with Crippen LogP contribution in [-0.2, 0) is 14.1 Å². The van der Waals surface area contributed by atoms with Gasteiger partial charge in [0.25, 0.3) is 5.56 Å². The molecule has 0 saturated heterocycles. The first kappa shape index (κ1) is 14.1. The number of hydrogen-bond acceptors (Lipinski definition) is 6. The van der Waals surface area contributed by atoms with Gasteiger partial charge in [-0.05, 0) is 17.7 Å². The summed E-state index contributed by atoms with van der Waals surface area (Å²) in [6, 6.07) is 0. The molecule has 0 atom stereocenters. The Hall–Kier alpha value is -1.28. The van der Waals surface area contributed by atoms with Crippen LogP contribution in [0.5, 0.6) is 0 Å². The Kier molecular flexibility index (Phi) is 4.00. The number of nitrogens with zero attached hydrogens (tertiary/aromatic N) is 4. The molecular formula is C11H14N4O2S2. The average molecular weight is 298 g/mol. The van der Waals surface area contributed by atoms with Gasteiger partial charge in [-0.2, -0.15) is 0 Å². The minimum atomic E-state index is -0.409. The molecule has 6 nitrogen and oxygen atoms in total.